The Labute approximate surface area is 135 Å². The summed E-state index contributed by atoms with van der Waals surface area (Å²) in [5.41, 5.74) is 0. The first-order valence-corrected chi connectivity index (χ1v) is 9.13. The first kappa shape index (κ1) is 19.0. The Bertz CT molecular complexity index is 322. The Hall–Kier alpha value is -1.06. The van der Waals surface area contributed by atoms with Gasteiger partial charge in [0.05, 0.1) is 5.92 Å². The summed E-state index contributed by atoms with van der Waals surface area (Å²) in [6, 6.07) is 0. The summed E-state index contributed by atoms with van der Waals surface area (Å²) >= 11 is 0. The highest BCUT2D eigenvalue weighted by Crippen LogP contribution is 2.28. The molecule has 0 atom stereocenters. The van der Waals surface area contributed by atoms with Crippen LogP contribution >= 0.6 is 0 Å². The summed E-state index contributed by atoms with van der Waals surface area (Å²) in [5, 5.41) is 12.0. The minimum absolute atomic E-state index is 0.161. The minimum Gasteiger partial charge on any atom is -0.481 e. The van der Waals surface area contributed by atoms with Gasteiger partial charge < -0.3 is 10.4 Å². The second-order valence-corrected chi connectivity index (χ2v) is 6.73. The minimum atomic E-state index is -0.665. The molecule has 2 N–H and O–H groups in total. The third-order valence-corrected chi connectivity index (χ3v) is 4.79. The average molecular weight is 311 g/mol. The lowest BCUT2D eigenvalue weighted by atomic mass is 9.82. The van der Waals surface area contributed by atoms with E-state index in [1.54, 1.807) is 0 Å². The van der Waals surface area contributed by atoms with Crippen molar-refractivity contribution < 1.29 is 14.7 Å². The van der Waals surface area contributed by atoms with Crippen molar-refractivity contribution in [1.29, 1.82) is 0 Å². The van der Waals surface area contributed by atoms with Crippen molar-refractivity contribution >= 4 is 11.9 Å². The first-order valence-electron chi connectivity index (χ1n) is 9.13. The molecule has 128 valence electrons. The van der Waals surface area contributed by atoms with Gasteiger partial charge in [0.2, 0.25) is 5.91 Å². The summed E-state index contributed by atoms with van der Waals surface area (Å²) < 4.78 is 0. The van der Waals surface area contributed by atoms with Crippen LogP contribution in [0.3, 0.4) is 0 Å². The molecular formula is C18H33NO3. The van der Waals surface area contributed by atoms with E-state index in [1.807, 2.05) is 0 Å². The van der Waals surface area contributed by atoms with Crippen molar-refractivity contribution in [1.82, 2.24) is 5.32 Å². The molecule has 0 aromatic carbocycles. The van der Waals surface area contributed by atoms with Gasteiger partial charge in [-0.2, -0.15) is 0 Å². The van der Waals surface area contributed by atoms with Crippen molar-refractivity contribution in [2.45, 2.75) is 84.0 Å². The fourth-order valence-electron chi connectivity index (χ4n) is 3.20. The molecule has 0 aliphatic heterocycles. The maximum absolute atomic E-state index is 11.8. The summed E-state index contributed by atoms with van der Waals surface area (Å²) in [4.78, 5) is 22.7. The SMILES string of the molecule is CCCCCCCCCC(=O)NC[C@H]1CC[C@H](C(=O)O)CC1. The number of hydrogen-bond donors (Lipinski definition) is 2. The molecule has 0 aromatic heterocycles. The van der Waals surface area contributed by atoms with E-state index in [0.717, 1.165) is 45.1 Å². The third kappa shape index (κ3) is 8.40. The van der Waals surface area contributed by atoms with Crippen molar-refractivity contribution in [2.24, 2.45) is 11.8 Å². The van der Waals surface area contributed by atoms with Gasteiger partial charge in [0.1, 0.15) is 0 Å². The highest BCUT2D eigenvalue weighted by molar-refractivity contribution is 5.75. The number of rotatable bonds is 11. The fourth-order valence-corrected chi connectivity index (χ4v) is 3.20. The quantitative estimate of drug-likeness (QED) is 0.564. The zero-order valence-electron chi connectivity index (χ0n) is 14.1. The first-order chi connectivity index (χ1) is 10.6. The molecule has 1 aliphatic rings. The van der Waals surface area contributed by atoms with Crippen LogP contribution in [0.2, 0.25) is 0 Å². The van der Waals surface area contributed by atoms with Crippen molar-refractivity contribution in [3.8, 4) is 0 Å². The maximum Gasteiger partial charge on any atom is 0.306 e. The van der Waals surface area contributed by atoms with Crippen LogP contribution in [-0.2, 0) is 9.59 Å². The molecule has 0 radical (unpaired) electrons. The van der Waals surface area contributed by atoms with E-state index in [2.05, 4.69) is 12.2 Å². The van der Waals surface area contributed by atoms with E-state index in [-0.39, 0.29) is 11.8 Å². The number of carbonyl (C=O) groups excluding carboxylic acids is 1. The zero-order valence-corrected chi connectivity index (χ0v) is 14.1. The monoisotopic (exact) mass is 311 g/mol. The lowest BCUT2D eigenvalue weighted by molar-refractivity contribution is -0.143. The average Bonchev–Trinajstić information content (AvgIpc) is 2.52. The van der Waals surface area contributed by atoms with Crippen molar-refractivity contribution in [2.75, 3.05) is 6.54 Å². The summed E-state index contributed by atoms with van der Waals surface area (Å²) in [5.74, 6) is -0.205. The van der Waals surface area contributed by atoms with Crippen molar-refractivity contribution in [3.05, 3.63) is 0 Å². The third-order valence-electron chi connectivity index (χ3n) is 4.79. The van der Waals surface area contributed by atoms with Crippen LogP contribution < -0.4 is 5.32 Å². The summed E-state index contributed by atoms with van der Waals surface area (Å²) in [6.07, 6.45) is 12.6. The molecule has 0 unspecified atom stereocenters. The molecule has 0 spiro atoms. The Morgan fingerprint density at radius 3 is 2.14 bits per heavy atom. The molecule has 1 saturated carbocycles. The summed E-state index contributed by atoms with van der Waals surface area (Å²) in [7, 11) is 0. The van der Waals surface area contributed by atoms with Crippen LogP contribution in [0.1, 0.15) is 84.0 Å². The lowest BCUT2D eigenvalue weighted by Crippen LogP contribution is -2.32. The number of aliphatic carboxylic acids is 1. The molecule has 4 heteroatoms. The maximum atomic E-state index is 11.8. The van der Waals surface area contributed by atoms with Crippen LogP contribution in [0.15, 0.2) is 0 Å². The molecule has 0 heterocycles. The molecule has 0 bridgehead atoms. The van der Waals surface area contributed by atoms with Crippen LogP contribution in [0, 0.1) is 11.8 Å². The number of amides is 1. The highest BCUT2D eigenvalue weighted by Gasteiger charge is 2.25. The Morgan fingerprint density at radius 1 is 0.955 bits per heavy atom. The van der Waals surface area contributed by atoms with Gasteiger partial charge >= 0.3 is 5.97 Å². The molecule has 1 rings (SSSR count). The van der Waals surface area contributed by atoms with Gasteiger partial charge in [0, 0.05) is 13.0 Å². The topological polar surface area (TPSA) is 66.4 Å². The molecule has 0 aromatic rings. The van der Waals surface area contributed by atoms with E-state index in [4.69, 9.17) is 5.11 Å². The van der Waals surface area contributed by atoms with Crippen molar-refractivity contribution in [3.63, 3.8) is 0 Å². The largest absolute Gasteiger partial charge is 0.481 e. The molecule has 1 fully saturated rings. The zero-order chi connectivity index (χ0) is 16.2. The molecule has 1 aliphatic carbocycles. The van der Waals surface area contributed by atoms with Gasteiger partial charge in [-0.15, -0.1) is 0 Å². The number of carbonyl (C=O) groups is 2. The fraction of sp³-hybridized carbons (Fsp3) is 0.889. The lowest BCUT2D eigenvalue weighted by Gasteiger charge is -2.26. The standard InChI is InChI=1S/C18H33NO3/c1-2-3-4-5-6-7-8-9-17(20)19-14-15-10-12-16(13-11-15)18(21)22/h15-16H,2-14H2,1H3,(H,19,20)(H,21,22)/t15-,16-. The molecule has 0 saturated heterocycles. The highest BCUT2D eigenvalue weighted by atomic mass is 16.4. The van der Waals surface area contributed by atoms with E-state index in [1.165, 1.54) is 32.1 Å². The van der Waals surface area contributed by atoms with Gasteiger partial charge in [-0.25, -0.2) is 0 Å². The second kappa shape index (κ2) is 11.5. The van der Waals surface area contributed by atoms with Crippen LogP contribution in [0.25, 0.3) is 0 Å². The van der Waals surface area contributed by atoms with E-state index >= 15 is 0 Å². The number of carboxylic acid groups (broad SMARTS) is 1. The Kier molecular flexibility index (Phi) is 9.93. The van der Waals surface area contributed by atoms with Gasteiger partial charge in [-0.1, -0.05) is 45.4 Å². The summed E-state index contributed by atoms with van der Waals surface area (Å²) in [6.45, 7) is 2.94. The number of hydrogen-bond acceptors (Lipinski definition) is 2. The van der Waals surface area contributed by atoms with E-state index in [9.17, 15) is 9.59 Å². The Balaban J connectivity index is 1.96. The molecule has 22 heavy (non-hydrogen) atoms. The van der Waals surface area contributed by atoms with Gasteiger partial charge in [-0.05, 0) is 38.0 Å². The molecule has 4 nitrogen and oxygen atoms in total. The number of carboxylic acids is 1. The van der Waals surface area contributed by atoms with Crippen LogP contribution in [-0.4, -0.2) is 23.5 Å². The Morgan fingerprint density at radius 2 is 1.55 bits per heavy atom. The smallest absolute Gasteiger partial charge is 0.306 e. The van der Waals surface area contributed by atoms with Crippen LogP contribution in [0.4, 0.5) is 0 Å². The van der Waals surface area contributed by atoms with Gasteiger partial charge in [0.15, 0.2) is 0 Å². The van der Waals surface area contributed by atoms with Gasteiger partial charge in [0.25, 0.3) is 0 Å². The predicted octanol–water partition coefficient (Wildman–Crippen LogP) is 4.13. The number of unbranched alkanes of at least 4 members (excludes halogenated alkanes) is 6. The van der Waals surface area contributed by atoms with E-state index in [0.29, 0.717) is 12.3 Å². The normalized spacial score (nSPS) is 21.5. The van der Waals surface area contributed by atoms with Crippen LogP contribution in [0.5, 0.6) is 0 Å². The molecular weight excluding hydrogens is 278 g/mol. The number of nitrogens with one attached hydrogen (secondary N) is 1. The van der Waals surface area contributed by atoms with E-state index < -0.39 is 5.97 Å². The molecule has 1 amide bonds. The van der Waals surface area contributed by atoms with Gasteiger partial charge in [-0.3, -0.25) is 9.59 Å². The predicted molar refractivity (Wildman–Crippen MR) is 88.7 cm³/mol. The second-order valence-electron chi connectivity index (χ2n) is 6.73.